The normalized spacial score (nSPS) is 12.6. The van der Waals surface area contributed by atoms with Crippen molar-refractivity contribution in [2.75, 3.05) is 19.0 Å². The van der Waals surface area contributed by atoms with Crippen molar-refractivity contribution < 1.29 is 32.7 Å². The lowest BCUT2D eigenvalue weighted by molar-refractivity contribution is -0.384. The summed E-state index contributed by atoms with van der Waals surface area (Å²) in [7, 11) is 1.01. The van der Waals surface area contributed by atoms with Crippen molar-refractivity contribution in [1.29, 1.82) is 0 Å². The number of aliphatic hydroxyl groups is 1. The number of aliphatic hydroxyl groups excluding tert-OH is 1. The molecule has 0 aliphatic rings. The van der Waals surface area contributed by atoms with E-state index < -0.39 is 51.7 Å². The first kappa shape index (κ1) is 18.0. The molecule has 0 amide bonds. The third-order valence-electron chi connectivity index (χ3n) is 2.59. The topological polar surface area (TPSA) is 102 Å². The maximum atomic E-state index is 12.7. The average molecular weight is 343 g/mol. The monoisotopic (exact) mass is 342 g/mol. The molecule has 7 nitrogen and oxygen atoms in total. The van der Waals surface area contributed by atoms with E-state index in [2.05, 4.69) is 10.1 Å². The van der Waals surface area contributed by atoms with Gasteiger partial charge in [-0.25, -0.2) is 4.79 Å². The van der Waals surface area contributed by atoms with Crippen LogP contribution < -0.4 is 5.32 Å². The first-order valence-electron chi connectivity index (χ1n) is 5.62. The van der Waals surface area contributed by atoms with E-state index in [0.29, 0.717) is 6.07 Å². The highest BCUT2D eigenvalue weighted by Gasteiger charge is 2.36. The Morgan fingerprint density at radius 2 is 2.14 bits per heavy atom. The summed E-state index contributed by atoms with van der Waals surface area (Å²) in [6.07, 6.45) is -4.88. The number of carbonyl (C=O) groups excluding carboxylic acids is 1. The molecule has 0 fully saturated rings. The molecule has 22 heavy (non-hydrogen) atoms. The predicted octanol–water partition coefficient (Wildman–Crippen LogP) is 2.21. The molecule has 1 aromatic carbocycles. The number of nitrogens with one attached hydrogen (secondary N) is 1. The number of esters is 1. The van der Waals surface area contributed by atoms with Crippen molar-refractivity contribution in [3.8, 4) is 0 Å². The molecule has 0 spiro atoms. The first-order valence-corrected chi connectivity index (χ1v) is 6.00. The zero-order chi connectivity index (χ0) is 17.1. The summed E-state index contributed by atoms with van der Waals surface area (Å²) >= 11 is 5.47. The zero-order valence-electron chi connectivity index (χ0n) is 11.0. The fourth-order valence-corrected chi connectivity index (χ4v) is 1.83. The Morgan fingerprint density at radius 3 is 2.55 bits per heavy atom. The Kier molecular flexibility index (Phi) is 5.55. The number of nitro groups is 1. The van der Waals surface area contributed by atoms with Gasteiger partial charge in [-0.15, -0.1) is 0 Å². The highest BCUT2D eigenvalue weighted by molar-refractivity contribution is 6.31. The molecule has 0 bridgehead atoms. The van der Waals surface area contributed by atoms with E-state index in [1.165, 1.54) is 0 Å². The number of anilines is 1. The van der Waals surface area contributed by atoms with E-state index in [9.17, 15) is 28.1 Å². The molecule has 0 radical (unpaired) electrons. The summed E-state index contributed by atoms with van der Waals surface area (Å²) in [4.78, 5) is 21.1. The van der Waals surface area contributed by atoms with Crippen LogP contribution in [0, 0.1) is 10.1 Å². The average Bonchev–Trinajstić information content (AvgIpc) is 2.42. The number of hydrogen-bond donors (Lipinski definition) is 2. The molecule has 0 unspecified atom stereocenters. The third kappa shape index (κ3) is 3.98. The largest absolute Gasteiger partial charge is 0.467 e. The van der Waals surface area contributed by atoms with Crippen LogP contribution in [0.3, 0.4) is 0 Å². The Morgan fingerprint density at radius 1 is 1.55 bits per heavy atom. The molecule has 1 rings (SSSR count). The highest BCUT2D eigenvalue weighted by atomic mass is 35.5. The molecule has 0 heterocycles. The molecule has 0 aliphatic carbocycles. The molecular weight excluding hydrogens is 333 g/mol. The molecule has 0 saturated carbocycles. The van der Waals surface area contributed by atoms with Crippen molar-refractivity contribution in [3.05, 3.63) is 32.8 Å². The molecular formula is C11H10ClF3N2O5. The number of nitro benzene ring substituents is 1. The number of methoxy groups -OCH3 is 1. The number of alkyl halides is 3. The number of rotatable bonds is 5. The molecule has 122 valence electrons. The predicted molar refractivity (Wildman–Crippen MR) is 69.6 cm³/mol. The Labute approximate surface area is 126 Å². The number of nitrogens with zero attached hydrogens (tertiary/aromatic N) is 1. The van der Waals surface area contributed by atoms with Gasteiger partial charge in [-0.1, -0.05) is 11.6 Å². The molecule has 2 N–H and O–H groups in total. The fraction of sp³-hybridized carbons (Fsp3) is 0.364. The molecule has 1 aromatic rings. The zero-order valence-corrected chi connectivity index (χ0v) is 11.7. The maximum absolute atomic E-state index is 12.7. The molecule has 0 aromatic heterocycles. The Balaban J connectivity index is 3.33. The molecule has 11 heteroatoms. The van der Waals surface area contributed by atoms with Gasteiger partial charge in [0.25, 0.3) is 5.69 Å². The summed E-state index contributed by atoms with van der Waals surface area (Å²) in [6, 6.07) is -0.485. The molecule has 0 aliphatic heterocycles. The van der Waals surface area contributed by atoms with Gasteiger partial charge in [0.15, 0.2) is 0 Å². The van der Waals surface area contributed by atoms with Gasteiger partial charge in [0.1, 0.15) is 11.7 Å². The van der Waals surface area contributed by atoms with E-state index in [1.807, 2.05) is 0 Å². The highest BCUT2D eigenvalue weighted by Crippen LogP contribution is 2.40. The van der Waals surface area contributed by atoms with Crippen LogP contribution in [-0.4, -0.2) is 35.8 Å². The van der Waals surface area contributed by atoms with Crippen LogP contribution in [0.5, 0.6) is 0 Å². The lowest BCUT2D eigenvalue weighted by Crippen LogP contribution is -2.34. The quantitative estimate of drug-likeness (QED) is 0.483. The van der Waals surface area contributed by atoms with Gasteiger partial charge < -0.3 is 15.2 Å². The van der Waals surface area contributed by atoms with Crippen LogP contribution in [0.1, 0.15) is 5.56 Å². The van der Waals surface area contributed by atoms with Crippen LogP contribution in [-0.2, 0) is 15.7 Å². The van der Waals surface area contributed by atoms with E-state index in [1.54, 1.807) is 0 Å². The maximum Gasteiger partial charge on any atom is 0.418 e. The van der Waals surface area contributed by atoms with Gasteiger partial charge in [0.05, 0.1) is 29.2 Å². The lowest BCUT2D eigenvalue weighted by Gasteiger charge is -2.17. The van der Waals surface area contributed by atoms with Crippen molar-refractivity contribution in [1.82, 2.24) is 0 Å². The van der Waals surface area contributed by atoms with Gasteiger partial charge >= 0.3 is 12.1 Å². The van der Waals surface area contributed by atoms with Gasteiger partial charge in [-0.05, 0) is 6.07 Å². The van der Waals surface area contributed by atoms with Gasteiger partial charge in [0, 0.05) is 6.07 Å². The van der Waals surface area contributed by atoms with E-state index >= 15 is 0 Å². The number of benzene rings is 1. The minimum Gasteiger partial charge on any atom is -0.467 e. The van der Waals surface area contributed by atoms with E-state index in [4.69, 9.17) is 16.7 Å². The van der Waals surface area contributed by atoms with Gasteiger partial charge in [-0.2, -0.15) is 13.2 Å². The van der Waals surface area contributed by atoms with Crippen LogP contribution in [0.2, 0.25) is 5.02 Å². The summed E-state index contributed by atoms with van der Waals surface area (Å²) in [5.74, 6) is -0.951. The second kappa shape index (κ2) is 6.79. The lowest BCUT2D eigenvalue weighted by atomic mass is 10.1. The van der Waals surface area contributed by atoms with Crippen LogP contribution in [0.4, 0.5) is 24.5 Å². The number of carbonyl (C=O) groups is 1. The number of halogens is 4. The standard InChI is InChI=1S/C11H10ClF3N2O5/c1-22-10(19)8(4-18)16-7-3-6(12)5(11(13,14)15)2-9(7)17(20)21/h2-3,8,16,18H,4H2,1H3/t8-/m0/s1. The molecule has 1 atom stereocenters. The second-order valence-corrected chi connectivity index (χ2v) is 4.41. The van der Waals surface area contributed by atoms with Crippen molar-refractivity contribution in [2.45, 2.75) is 12.2 Å². The van der Waals surface area contributed by atoms with Gasteiger partial charge in [0.2, 0.25) is 0 Å². The van der Waals surface area contributed by atoms with Crippen LogP contribution in [0.25, 0.3) is 0 Å². The summed E-state index contributed by atoms with van der Waals surface area (Å²) in [5, 5.41) is 21.4. The van der Waals surface area contributed by atoms with E-state index in [0.717, 1.165) is 7.11 Å². The smallest absolute Gasteiger partial charge is 0.418 e. The summed E-state index contributed by atoms with van der Waals surface area (Å²) < 4.78 is 42.4. The minimum atomic E-state index is -4.88. The third-order valence-corrected chi connectivity index (χ3v) is 2.90. The number of hydrogen-bond acceptors (Lipinski definition) is 6. The van der Waals surface area contributed by atoms with Crippen LogP contribution >= 0.6 is 11.6 Å². The van der Waals surface area contributed by atoms with Crippen molar-refractivity contribution >= 4 is 28.9 Å². The van der Waals surface area contributed by atoms with Crippen molar-refractivity contribution in [2.24, 2.45) is 0 Å². The Hall–Kier alpha value is -2.07. The second-order valence-electron chi connectivity index (χ2n) is 4.01. The van der Waals surface area contributed by atoms with Crippen molar-refractivity contribution in [3.63, 3.8) is 0 Å². The molecule has 0 saturated heterocycles. The minimum absolute atomic E-state index is 0.246. The van der Waals surface area contributed by atoms with Gasteiger partial charge in [-0.3, -0.25) is 10.1 Å². The first-order chi connectivity index (χ1) is 10.1. The number of ether oxygens (including phenoxy) is 1. The summed E-state index contributed by atoms with van der Waals surface area (Å²) in [5.41, 5.74) is -2.78. The Bertz CT molecular complexity index is 594. The SMILES string of the molecule is COC(=O)[C@H](CO)Nc1cc(Cl)c(C(F)(F)F)cc1[N+](=O)[O-]. The van der Waals surface area contributed by atoms with Crippen LogP contribution in [0.15, 0.2) is 12.1 Å². The van der Waals surface area contributed by atoms with E-state index in [-0.39, 0.29) is 6.07 Å². The summed E-state index contributed by atoms with van der Waals surface area (Å²) in [6.45, 7) is -0.789. The fourth-order valence-electron chi connectivity index (χ4n) is 1.55.